The fourth-order valence-electron chi connectivity index (χ4n) is 3.66. The van der Waals surface area contributed by atoms with Gasteiger partial charge in [0.1, 0.15) is 0 Å². The molecule has 0 fully saturated rings. The van der Waals surface area contributed by atoms with E-state index >= 15 is 0 Å². The standard InChI is InChI=1S/C25H21N3O5S/c29-25(27-22-9-2-8-21-20(22)7-3-12-26-21)17-5-1-6-18(15-17)28-34(30,31)19-10-11-23-24(16-19)33-14-4-13-32-23/h1-3,5-12,15-16,28H,4,13-14H2,(H,27,29). The van der Waals surface area contributed by atoms with Crippen LogP contribution >= 0.6 is 0 Å². The number of amides is 1. The normalized spacial score (nSPS) is 13.2. The Bertz CT molecular complexity index is 1480. The van der Waals surface area contributed by atoms with Crippen LogP contribution in [0.4, 0.5) is 11.4 Å². The number of carbonyl (C=O) groups is 1. The van der Waals surface area contributed by atoms with Gasteiger partial charge in [0.05, 0.1) is 29.3 Å². The number of rotatable bonds is 5. The molecule has 0 bridgehead atoms. The Labute approximate surface area is 196 Å². The molecule has 2 N–H and O–H groups in total. The lowest BCUT2D eigenvalue weighted by atomic mass is 10.1. The van der Waals surface area contributed by atoms with Crippen LogP contribution in [0.25, 0.3) is 10.9 Å². The van der Waals surface area contributed by atoms with Crippen molar-refractivity contribution in [3.05, 3.63) is 84.6 Å². The second-order valence-corrected chi connectivity index (χ2v) is 9.36. The molecule has 34 heavy (non-hydrogen) atoms. The summed E-state index contributed by atoms with van der Waals surface area (Å²) in [4.78, 5) is 17.2. The summed E-state index contributed by atoms with van der Waals surface area (Å²) in [6.45, 7) is 0.968. The van der Waals surface area contributed by atoms with Gasteiger partial charge in [0, 0.05) is 35.3 Å². The Kier molecular flexibility index (Phi) is 5.77. The number of sulfonamides is 1. The fraction of sp³-hybridized carbons (Fsp3) is 0.120. The van der Waals surface area contributed by atoms with Crippen molar-refractivity contribution in [2.45, 2.75) is 11.3 Å². The van der Waals surface area contributed by atoms with E-state index in [0.29, 0.717) is 36.0 Å². The number of carbonyl (C=O) groups excluding carboxylic acids is 1. The molecule has 9 heteroatoms. The van der Waals surface area contributed by atoms with Gasteiger partial charge in [0.15, 0.2) is 11.5 Å². The average molecular weight is 476 g/mol. The molecule has 0 saturated heterocycles. The van der Waals surface area contributed by atoms with Crippen LogP contribution in [-0.4, -0.2) is 32.5 Å². The highest BCUT2D eigenvalue weighted by molar-refractivity contribution is 7.92. The molecule has 1 aromatic heterocycles. The van der Waals surface area contributed by atoms with Gasteiger partial charge in [0.2, 0.25) is 0 Å². The van der Waals surface area contributed by atoms with E-state index in [0.717, 1.165) is 17.3 Å². The molecule has 0 spiro atoms. The molecule has 0 saturated carbocycles. The first-order valence-corrected chi connectivity index (χ1v) is 12.2. The maximum absolute atomic E-state index is 13.0. The van der Waals surface area contributed by atoms with E-state index in [4.69, 9.17) is 9.47 Å². The van der Waals surface area contributed by atoms with Gasteiger partial charge in [-0.15, -0.1) is 0 Å². The van der Waals surface area contributed by atoms with E-state index < -0.39 is 10.0 Å². The molecule has 1 aliphatic rings. The molecular weight excluding hydrogens is 454 g/mol. The van der Waals surface area contributed by atoms with Crippen LogP contribution in [0.5, 0.6) is 11.5 Å². The number of anilines is 2. The zero-order valence-corrected chi connectivity index (χ0v) is 18.8. The first-order chi connectivity index (χ1) is 16.5. The molecular formula is C25H21N3O5S. The van der Waals surface area contributed by atoms with Gasteiger partial charge < -0.3 is 14.8 Å². The molecule has 3 aromatic carbocycles. The zero-order valence-electron chi connectivity index (χ0n) is 18.0. The van der Waals surface area contributed by atoms with Gasteiger partial charge in [0.25, 0.3) is 15.9 Å². The Balaban J connectivity index is 1.36. The second kappa shape index (κ2) is 9.03. The van der Waals surface area contributed by atoms with Gasteiger partial charge in [-0.1, -0.05) is 12.1 Å². The summed E-state index contributed by atoms with van der Waals surface area (Å²) in [5.74, 6) is 0.532. The van der Waals surface area contributed by atoms with E-state index in [2.05, 4.69) is 15.0 Å². The van der Waals surface area contributed by atoms with Gasteiger partial charge in [-0.25, -0.2) is 8.42 Å². The summed E-state index contributed by atoms with van der Waals surface area (Å²) in [6, 6.07) is 19.9. The number of fused-ring (bicyclic) bond motifs is 2. The van der Waals surface area contributed by atoms with E-state index in [9.17, 15) is 13.2 Å². The summed E-state index contributed by atoms with van der Waals surface area (Å²) in [5.41, 5.74) is 1.95. The van der Waals surface area contributed by atoms with Gasteiger partial charge in [-0.2, -0.15) is 0 Å². The minimum atomic E-state index is -3.91. The van der Waals surface area contributed by atoms with Crippen LogP contribution in [0, 0.1) is 0 Å². The number of nitrogens with one attached hydrogen (secondary N) is 2. The summed E-state index contributed by atoms with van der Waals surface area (Å²) in [5, 5.41) is 3.69. The molecule has 1 aliphatic heterocycles. The predicted molar refractivity (Wildman–Crippen MR) is 129 cm³/mol. The SMILES string of the molecule is O=C(Nc1cccc2ncccc12)c1cccc(NS(=O)(=O)c2ccc3c(c2)OCCCO3)c1. The molecule has 0 atom stereocenters. The predicted octanol–water partition coefficient (Wildman–Crippen LogP) is 4.45. The van der Waals surface area contributed by atoms with Crippen LogP contribution in [0.15, 0.2) is 83.9 Å². The number of hydrogen-bond donors (Lipinski definition) is 2. The topological polar surface area (TPSA) is 107 Å². The molecule has 172 valence electrons. The van der Waals surface area contributed by atoms with Crippen molar-refractivity contribution in [2.75, 3.05) is 23.3 Å². The molecule has 8 nitrogen and oxygen atoms in total. The number of hydrogen-bond acceptors (Lipinski definition) is 6. The summed E-state index contributed by atoms with van der Waals surface area (Å²) < 4.78 is 39.6. The maximum Gasteiger partial charge on any atom is 0.262 e. The lowest BCUT2D eigenvalue weighted by molar-refractivity contribution is 0.102. The Morgan fingerprint density at radius 3 is 2.59 bits per heavy atom. The van der Waals surface area contributed by atoms with Crippen LogP contribution < -0.4 is 19.5 Å². The van der Waals surface area contributed by atoms with E-state index in [1.165, 1.54) is 18.2 Å². The molecule has 5 rings (SSSR count). The lowest BCUT2D eigenvalue weighted by Crippen LogP contribution is -2.15. The van der Waals surface area contributed by atoms with Crippen molar-refractivity contribution < 1.29 is 22.7 Å². The molecule has 0 aliphatic carbocycles. The summed E-state index contributed by atoms with van der Waals surface area (Å²) in [6.07, 6.45) is 2.41. The largest absolute Gasteiger partial charge is 0.490 e. The van der Waals surface area contributed by atoms with Gasteiger partial charge >= 0.3 is 0 Å². The molecule has 4 aromatic rings. The molecule has 1 amide bonds. The fourth-order valence-corrected chi connectivity index (χ4v) is 4.72. The maximum atomic E-state index is 13.0. The number of pyridine rings is 1. The van der Waals surface area contributed by atoms with Gasteiger partial charge in [-0.05, 0) is 54.6 Å². The monoisotopic (exact) mass is 475 g/mol. The van der Waals surface area contributed by atoms with Crippen LogP contribution in [-0.2, 0) is 10.0 Å². The Morgan fingerprint density at radius 2 is 1.71 bits per heavy atom. The smallest absolute Gasteiger partial charge is 0.262 e. The van der Waals surface area contributed by atoms with Crippen molar-refractivity contribution in [1.82, 2.24) is 4.98 Å². The minimum absolute atomic E-state index is 0.0369. The molecule has 0 radical (unpaired) electrons. The highest BCUT2D eigenvalue weighted by atomic mass is 32.2. The average Bonchev–Trinajstić information content (AvgIpc) is 3.09. The zero-order chi connectivity index (χ0) is 23.5. The van der Waals surface area contributed by atoms with Crippen LogP contribution in [0.2, 0.25) is 0 Å². The third-order valence-corrected chi connectivity index (χ3v) is 6.68. The van der Waals surface area contributed by atoms with E-state index in [-0.39, 0.29) is 16.5 Å². The third-order valence-electron chi connectivity index (χ3n) is 5.30. The number of benzene rings is 3. The first-order valence-electron chi connectivity index (χ1n) is 10.7. The number of nitrogens with zero attached hydrogens (tertiary/aromatic N) is 1. The highest BCUT2D eigenvalue weighted by Gasteiger charge is 2.19. The third kappa shape index (κ3) is 4.51. The van der Waals surface area contributed by atoms with Crippen molar-refractivity contribution in [1.29, 1.82) is 0 Å². The van der Waals surface area contributed by atoms with E-state index in [1.54, 1.807) is 42.6 Å². The second-order valence-electron chi connectivity index (χ2n) is 7.68. The minimum Gasteiger partial charge on any atom is -0.490 e. The lowest BCUT2D eigenvalue weighted by Gasteiger charge is -2.12. The van der Waals surface area contributed by atoms with Crippen molar-refractivity contribution in [3.63, 3.8) is 0 Å². The van der Waals surface area contributed by atoms with E-state index in [1.807, 2.05) is 18.2 Å². The van der Waals surface area contributed by atoms with Crippen LogP contribution in [0.3, 0.4) is 0 Å². The molecule has 2 heterocycles. The molecule has 0 unspecified atom stereocenters. The van der Waals surface area contributed by atoms with Crippen molar-refractivity contribution in [2.24, 2.45) is 0 Å². The Hall–Kier alpha value is -4.11. The van der Waals surface area contributed by atoms with Crippen LogP contribution in [0.1, 0.15) is 16.8 Å². The van der Waals surface area contributed by atoms with Gasteiger partial charge in [-0.3, -0.25) is 14.5 Å². The summed E-state index contributed by atoms with van der Waals surface area (Å²) in [7, 11) is -3.91. The Morgan fingerprint density at radius 1 is 0.882 bits per heavy atom. The number of ether oxygens (including phenoxy) is 2. The highest BCUT2D eigenvalue weighted by Crippen LogP contribution is 2.32. The summed E-state index contributed by atoms with van der Waals surface area (Å²) >= 11 is 0. The number of aromatic nitrogens is 1. The quantitative estimate of drug-likeness (QED) is 0.442. The van der Waals surface area contributed by atoms with Crippen molar-refractivity contribution in [3.8, 4) is 11.5 Å². The van der Waals surface area contributed by atoms with Crippen molar-refractivity contribution >= 4 is 38.2 Å². The first kappa shape index (κ1) is 21.7.